The molecule has 0 atom stereocenters. The molecular formula is C30H36N2O4. The Morgan fingerprint density at radius 3 is 1.28 bits per heavy atom. The van der Waals surface area contributed by atoms with E-state index in [1.807, 2.05) is 48.5 Å². The minimum absolute atomic E-state index is 0.112. The third-order valence-electron chi connectivity index (χ3n) is 5.58. The molecule has 3 aromatic carbocycles. The Labute approximate surface area is 214 Å². The number of anilines is 2. The number of carbonyl (C=O) groups is 2. The van der Waals surface area contributed by atoms with Crippen molar-refractivity contribution in [3.63, 3.8) is 0 Å². The number of carbonyl (C=O) groups excluding carboxylic acids is 2. The Hall–Kier alpha value is -3.80. The van der Waals surface area contributed by atoms with E-state index in [9.17, 15) is 9.59 Å². The van der Waals surface area contributed by atoms with Crippen LogP contribution in [0.1, 0.15) is 52.7 Å². The monoisotopic (exact) mass is 488 g/mol. The van der Waals surface area contributed by atoms with Gasteiger partial charge in [0.15, 0.2) is 13.2 Å². The van der Waals surface area contributed by atoms with Crippen LogP contribution in [0.5, 0.6) is 11.5 Å². The first-order valence-electron chi connectivity index (χ1n) is 12.1. The Bertz CT molecular complexity index is 1110. The molecule has 0 saturated carbocycles. The molecule has 0 aliphatic carbocycles. The summed E-state index contributed by atoms with van der Waals surface area (Å²) in [7, 11) is 0. The van der Waals surface area contributed by atoms with E-state index >= 15 is 0 Å². The fourth-order valence-electron chi connectivity index (χ4n) is 3.78. The molecule has 36 heavy (non-hydrogen) atoms. The van der Waals surface area contributed by atoms with E-state index in [0.29, 0.717) is 22.9 Å². The van der Waals surface area contributed by atoms with Crippen molar-refractivity contribution in [3.8, 4) is 11.5 Å². The summed E-state index contributed by atoms with van der Waals surface area (Å²) in [6.45, 7) is 12.3. The van der Waals surface area contributed by atoms with Crippen molar-refractivity contribution in [1.29, 1.82) is 0 Å². The minimum Gasteiger partial charge on any atom is -0.483 e. The molecule has 6 nitrogen and oxygen atoms in total. The van der Waals surface area contributed by atoms with Gasteiger partial charge in [-0.3, -0.25) is 9.59 Å². The van der Waals surface area contributed by atoms with Gasteiger partial charge in [-0.1, -0.05) is 90.1 Å². The highest BCUT2D eigenvalue weighted by atomic mass is 16.5. The summed E-state index contributed by atoms with van der Waals surface area (Å²) in [5.74, 6) is 0.704. The quantitative estimate of drug-likeness (QED) is 0.389. The van der Waals surface area contributed by atoms with Crippen LogP contribution in [0.4, 0.5) is 11.4 Å². The van der Waals surface area contributed by atoms with Crippen LogP contribution < -0.4 is 20.1 Å². The molecule has 0 fully saturated rings. The zero-order chi connectivity index (χ0) is 26.3. The number of rotatable bonds is 8. The van der Waals surface area contributed by atoms with Gasteiger partial charge in [-0.2, -0.15) is 0 Å². The molecule has 0 aliphatic rings. The fraction of sp³-hybridized carbons (Fsp3) is 0.333. The molecule has 0 unspecified atom stereocenters. The third-order valence-corrected chi connectivity index (χ3v) is 5.58. The number of hydrogen-bond acceptors (Lipinski definition) is 4. The lowest BCUT2D eigenvalue weighted by Gasteiger charge is -2.22. The van der Waals surface area contributed by atoms with Crippen LogP contribution in [0.2, 0.25) is 0 Å². The number of hydrogen-bond donors (Lipinski definition) is 2. The summed E-state index contributed by atoms with van der Waals surface area (Å²) in [6.07, 6.45) is 0. The molecule has 190 valence electrons. The minimum atomic E-state index is -0.323. The smallest absolute Gasteiger partial charge is 0.262 e. The van der Waals surface area contributed by atoms with Crippen LogP contribution in [0, 0.1) is 0 Å². The molecule has 6 heteroatoms. The molecule has 0 bridgehead atoms. The molecule has 0 spiro atoms. The van der Waals surface area contributed by atoms with Crippen molar-refractivity contribution in [2.45, 2.75) is 52.4 Å². The van der Waals surface area contributed by atoms with Gasteiger partial charge in [-0.25, -0.2) is 0 Å². The van der Waals surface area contributed by atoms with E-state index in [2.05, 4.69) is 52.2 Å². The molecule has 0 aliphatic heterocycles. The van der Waals surface area contributed by atoms with Crippen molar-refractivity contribution in [2.24, 2.45) is 0 Å². The number of benzene rings is 3. The van der Waals surface area contributed by atoms with Crippen LogP contribution >= 0.6 is 0 Å². The summed E-state index contributed by atoms with van der Waals surface area (Å²) < 4.78 is 11.7. The van der Waals surface area contributed by atoms with Crippen LogP contribution in [0.25, 0.3) is 0 Å². The highest BCUT2D eigenvalue weighted by Gasteiger charge is 2.20. The normalized spacial score (nSPS) is 11.5. The zero-order valence-electron chi connectivity index (χ0n) is 22.0. The van der Waals surface area contributed by atoms with Crippen molar-refractivity contribution in [3.05, 3.63) is 83.9 Å². The summed E-state index contributed by atoms with van der Waals surface area (Å²) in [6, 6.07) is 22.4. The van der Waals surface area contributed by atoms with Gasteiger partial charge in [-0.05, 0) is 46.2 Å². The topological polar surface area (TPSA) is 76.7 Å². The molecule has 3 rings (SSSR count). The van der Waals surface area contributed by atoms with Gasteiger partial charge in [0.05, 0.1) is 11.4 Å². The van der Waals surface area contributed by atoms with Gasteiger partial charge in [0.25, 0.3) is 11.8 Å². The maximum absolute atomic E-state index is 12.7. The molecule has 0 heterocycles. The van der Waals surface area contributed by atoms with Gasteiger partial charge < -0.3 is 20.1 Å². The van der Waals surface area contributed by atoms with Crippen LogP contribution in [0.3, 0.4) is 0 Å². The first kappa shape index (κ1) is 26.8. The van der Waals surface area contributed by atoms with Gasteiger partial charge >= 0.3 is 0 Å². The van der Waals surface area contributed by atoms with Gasteiger partial charge in [-0.15, -0.1) is 0 Å². The van der Waals surface area contributed by atoms with E-state index in [4.69, 9.17) is 9.47 Å². The van der Waals surface area contributed by atoms with Crippen molar-refractivity contribution in [2.75, 3.05) is 23.8 Å². The van der Waals surface area contributed by atoms with Crippen LogP contribution in [-0.2, 0) is 20.4 Å². The molecule has 3 aromatic rings. The van der Waals surface area contributed by atoms with Gasteiger partial charge in [0.1, 0.15) is 11.5 Å². The standard InChI is InChI=1S/C30H36N2O4/c1-29(2,3)21-13-7-11-17-25(21)35-19-27(33)31-23-15-9-10-16-24(23)32-28(34)20-36-26-18-12-8-14-22(26)30(4,5)6/h7-18H,19-20H2,1-6H3,(H,31,33)(H,32,34). The Morgan fingerprint density at radius 2 is 0.917 bits per heavy atom. The molecular weight excluding hydrogens is 452 g/mol. The van der Waals surface area contributed by atoms with Gasteiger partial charge in [0, 0.05) is 0 Å². The predicted octanol–water partition coefficient (Wildman–Crippen LogP) is 6.32. The number of para-hydroxylation sites is 4. The third kappa shape index (κ3) is 7.35. The predicted molar refractivity (Wildman–Crippen MR) is 145 cm³/mol. The highest BCUT2D eigenvalue weighted by Crippen LogP contribution is 2.32. The Kier molecular flexibility index (Phi) is 8.41. The summed E-state index contributed by atoms with van der Waals surface area (Å²) in [5.41, 5.74) is 2.80. The van der Waals surface area contributed by atoms with E-state index in [0.717, 1.165) is 11.1 Å². The number of amides is 2. The molecule has 2 N–H and O–H groups in total. The van der Waals surface area contributed by atoms with Crippen LogP contribution in [0.15, 0.2) is 72.8 Å². The summed E-state index contributed by atoms with van der Waals surface area (Å²) in [5, 5.41) is 5.66. The van der Waals surface area contributed by atoms with Crippen molar-refractivity contribution >= 4 is 23.2 Å². The summed E-state index contributed by atoms with van der Waals surface area (Å²) >= 11 is 0. The average molecular weight is 489 g/mol. The SMILES string of the molecule is CC(C)(C)c1ccccc1OCC(=O)Nc1ccccc1NC(=O)COc1ccccc1C(C)(C)C. The average Bonchev–Trinajstić information content (AvgIpc) is 2.82. The largest absolute Gasteiger partial charge is 0.483 e. The Balaban J connectivity index is 1.61. The number of nitrogens with one attached hydrogen (secondary N) is 2. The molecule has 0 aromatic heterocycles. The second-order valence-corrected chi connectivity index (χ2v) is 10.7. The van der Waals surface area contributed by atoms with E-state index in [1.165, 1.54) is 0 Å². The second-order valence-electron chi connectivity index (χ2n) is 10.7. The van der Waals surface area contributed by atoms with Gasteiger partial charge in [0.2, 0.25) is 0 Å². The lowest BCUT2D eigenvalue weighted by atomic mass is 9.86. The summed E-state index contributed by atoms with van der Waals surface area (Å²) in [4.78, 5) is 25.3. The van der Waals surface area contributed by atoms with E-state index < -0.39 is 0 Å². The zero-order valence-corrected chi connectivity index (χ0v) is 22.0. The first-order valence-corrected chi connectivity index (χ1v) is 12.1. The fourth-order valence-corrected chi connectivity index (χ4v) is 3.78. The highest BCUT2D eigenvalue weighted by molar-refractivity contribution is 6.00. The maximum Gasteiger partial charge on any atom is 0.262 e. The lowest BCUT2D eigenvalue weighted by molar-refractivity contribution is -0.119. The van der Waals surface area contributed by atoms with Crippen LogP contribution in [-0.4, -0.2) is 25.0 Å². The van der Waals surface area contributed by atoms with E-state index in [1.54, 1.807) is 24.3 Å². The first-order chi connectivity index (χ1) is 16.9. The second kappa shape index (κ2) is 11.3. The maximum atomic E-state index is 12.7. The molecule has 0 radical (unpaired) electrons. The van der Waals surface area contributed by atoms with Crippen molar-refractivity contribution < 1.29 is 19.1 Å². The van der Waals surface area contributed by atoms with Crippen molar-refractivity contribution in [1.82, 2.24) is 0 Å². The number of ether oxygens (including phenoxy) is 2. The lowest BCUT2D eigenvalue weighted by Crippen LogP contribution is -2.24. The molecule has 2 amide bonds. The van der Waals surface area contributed by atoms with E-state index in [-0.39, 0.29) is 35.9 Å². The molecule has 0 saturated heterocycles. The Morgan fingerprint density at radius 1 is 0.583 bits per heavy atom.